The van der Waals surface area contributed by atoms with Crippen LogP contribution in [0.2, 0.25) is 0 Å². The molecule has 0 spiro atoms. The van der Waals surface area contributed by atoms with Gasteiger partial charge in [0.05, 0.1) is 18.3 Å². The molecule has 1 aromatic rings. The summed E-state index contributed by atoms with van der Waals surface area (Å²) in [6, 6.07) is 5.51. The van der Waals surface area contributed by atoms with Crippen molar-refractivity contribution in [3.05, 3.63) is 31.8 Å². The van der Waals surface area contributed by atoms with Crippen LogP contribution in [0.4, 0.5) is 0 Å². The first-order valence-electron chi connectivity index (χ1n) is 4.95. The number of carbonyl (C=O) groups is 1. The van der Waals surface area contributed by atoms with E-state index in [1.807, 2.05) is 12.1 Å². The lowest BCUT2D eigenvalue weighted by Gasteiger charge is -2.11. The molecule has 0 aliphatic carbocycles. The van der Waals surface area contributed by atoms with Crippen molar-refractivity contribution in [2.45, 2.75) is 6.10 Å². The zero-order valence-corrected chi connectivity index (χ0v) is 13.0. The van der Waals surface area contributed by atoms with E-state index in [1.165, 1.54) is 7.11 Å². The Hall–Kier alpha value is -0.180. The molecule has 6 heteroatoms. The maximum Gasteiger partial charge on any atom is 0.252 e. The quantitative estimate of drug-likeness (QED) is 0.723. The number of amides is 1. The molecular formula is C11H13BrINO3. The Morgan fingerprint density at radius 2 is 2.35 bits per heavy atom. The van der Waals surface area contributed by atoms with Gasteiger partial charge in [-0.25, -0.2) is 0 Å². The summed E-state index contributed by atoms with van der Waals surface area (Å²) in [6.07, 6.45) is -0.689. The number of nitrogens with one attached hydrogen (secondary N) is 1. The van der Waals surface area contributed by atoms with Gasteiger partial charge in [0, 0.05) is 21.7 Å². The molecule has 1 unspecified atom stereocenters. The van der Waals surface area contributed by atoms with Crippen LogP contribution >= 0.6 is 38.5 Å². The van der Waals surface area contributed by atoms with E-state index in [0.29, 0.717) is 5.56 Å². The highest BCUT2D eigenvalue weighted by atomic mass is 127. The highest BCUT2D eigenvalue weighted by Crippen LogP contribution is 2.19. The van der Waals surface area contributed by atoms with Gasteiger partial charge in [-0.3, -0.25) is 4.79 Å². The van der Waals surface area contributed by atoms with Crippen LogP contribution in [0.15, 0.2) is 22.7 Å². The summed E-state index contributed by atoms with van der Waals surface area (Å²) in [5.41, 5.74) is 0.557. The maximum absolute atomic E-state index is 11.8. The molecule has 0 saturated carbocycles. The van der Waals surface area contributed by atoms with E-state index in [2.05, 4.69) is 43.8 Å². The molecule has 0 radical (unpaired) electrons. The van der Waals surface area contributed by atoms with Crippen LogP contribution in [0.25, 0.3) is 0 Å². The van der Waals surface area contributed by atoms with Crippen LogP contribution in [0.5, 0.6) is 0 Å². The van der Waals surface area contributed by atoms with Crippen molar-refractivity contribution < 1.29 is 14.6 Å². The highest BCUT2D eigenvalue weighted by molar-refractivity contribution is 14.1. The molecule has 0 heterocycles. The van der Waals surface area contributed by atoms with Gasteiger partial charge >= 0.3 is 0 Å². The molecule has 0 aliphatic rings. The van der Waals surface area contributed by atoms with Gasteiger partial charge in [0.2, 0.25) is 0 Å². The second kappa shape index (κ2) is 7.30. The van der Waals surface area contributed by atoms with Crippen LogP contribution in [0.1, 0.15) is 10.4 Å². The van der Waals surface area contributed by atoms with Gasteiger partial charge in [-0.2, -0.15) is 0 Å². The van der Waals surface area contributed by atoms with Crippen molar-refractivity contribution in [3.8, 4) is 0 Å². The van der Waals surface area contributed by atoms with Gasteiger partial charge < -0.3 is 15.2 Å². The van der Waals surface area contributed by atoms with Gasteiger partial charge in [-0.1, -0.05) is 0 Å². The summed E-state index contributed by atoms with van der Waals surface area (Å²) in [7, 11) is 1.50. The minimum atomic E-state index is -0.689. The molecule has 0 fully saturated rings. The Kier molecular flexibility index (Phi) is 6.39. The second-order valence-corrected chi connectivity index (χ2v) is 5.54. The molecule has 0 aromatic heterocycles. The molecular weight excluding hydrogens is 401 g/mol. The van der Waals surface area contributed by atoms with Crippen molar-refractivity contribution in [3.63, 3.8) is 0 Å². The van der Waals surface area contributed by atoms with Crippen LogP contribution < -0.4 is 5.32 Å². The maximum atomic E-state index is 11.8. The predicted octanol–water partition coefficient (Wildman–Crippen LogP) is 1.79. The molecule has 1 amide bonds. The minimum Gasteiger partial charge on any atom is -0.389 e. The van der Waals surface area contributed by atoms with Crippen LogP contribution in [-0.2, 0) is 4.74 Å². The molecule has 1 atom stereocenters. The first-order valence-corrected chi connectivity index (χ1v) is 6.82. The van der Waals surface area contributed by atoms with E-state index in [9.17, 15) is 9.90 Å². The van der Waals surface area contributed by atoms with Crippen molar-refractivity contribution in [2.24, 2.45) is 0 Å². The molecule has 1 rings (SSSR count). The zero-order chi connectivity index (χ0) is 12.8. The van der Waals surface area contributed by atoms with E-state index in [0.717, 1.165) is 8.04 Å². The van der Waals surface area contributed by atoms with E-state index in [-0.39, 0.29) is 19.1 Å². The third kappa shape index (κ3) is 4.90. The Balaban J connectivity index is 2.61. The monoisotopic (exact) mass is 413 g/mol. The molecule has 0 saturated heterocycles. The van der Waals surface area contributed by atoms with Crippen LogP contribution in [-0.4, -0.2) is 37.4 Å². The van der Waals surface area contributed by atoms with Gasteiger partial charge in [0.1, 0.15) is 0 Å². The lowest BCUT2D eigenvalue weighted by molar-refractivity contribution is 0.0609. The van der Waals surface area contributed by atoms with Crippen molar-refractivity contribution in [1.29, 1.82) is 0 Å². The third-order valence-electron chi connectivity index (χ3n) is 2.03. The fourth-order valence-electron chi connectivity index (χ4n) is 1.23. The fraction of sp³-hybridized carbons (Fsp3) is 0.364. The largest absolute Gasteiger partial charge is 0.389 e. The SMILES string of the molecule is COCC(O)CNC(=O)c1cc(I)ccc1Br. The van der Waals surface area contributed by atoms with Crippen LogP contribution in [0.3, 0.4) is 0 Å². The van der Waals surface area contributed by atoms with E-state index < -0.39 is 6.10 Å². The summed E-state index contributed by atoms with van der Waals surface area (Å²) in [6.45, 7) is 0.373. The Morgan fingerprint density at radius 1 is 1.65 bits per heavy atom. The Labute approximate surface area is 122 Å². The third-order valence-corrected chi connectivity index (χ3v) is 3.39. The number of hydrogen-bond acceptors (Lipinski definition) is 3. The number of hydrogen-bond donors (Lipinski definition) is 2. The summed E-state index contributed by atoms with van der Waals surface area (Å²) >= 11 is 5.46. The van der Waals surface area contributed by atoms with E-state index in [4.69, 9.17) is 4.74 Å². The number of carbonyl (C=O) groups excluding carboxylic acids is 1. The number of ether oxygens (including phenoxy) is 1. The first-order chi connectivity index (χ1) is 8.04. The summed E-state index contributed by atoms with van der Waals surface area (Å²) in [5.74, 6) is -0.217. The number of halogens is 2. The van der Waals surface area contributed by atoms with E-state index in [1.54, 1.807) is 6.07 Å². The summed E-state index contributed by atoms with van der Waals surface area (Å²) in [5, 5.41) is 12.1. The smallest absolute Gasteiger partial charge is 0.252 e. The average Bonchev–Trinajstić information content (AvgIpc) is 2.29. The molecule has 2 N–H and O–H groups in total. The number of rotatable bonds is 5. The van der Waals surface area contributed by atoms with E-state index >= 15 is 0 Å². The second-order valence-electron chi connectivity index (χ2n) is 3.44. The minimum absolute atomic E-state index is 0.171. The topological polar surface area (TPSA) is 58.6 Å². The van der Waals surface area contributed by atoms with Crippen molar-refractivity contribution in [2.75, 3.05) is 20.3 Å². The molecule has 4 nitrogen and oxygen atoms in total. The molecule has 94 valence electrons. The highest BCUT2D eigenvalue weighted by Gasteiger charge is 2.12. The number of aliphatic hydroxyl groups excluding tert-OH is 1. The van der Waals surface area contributed by atoms with Crippen LogP contribution in [0, 0.1) is 3.57 Å². The molecule has 1 aromatic carbocycles. The Morgan fingerprint density at radius 3 is 3.00 bits per heavy atom. The standard InChI is InChI=1S/C11H13BrINO3/c1-17-6-8(15)5-14-11(16)9-4-7(13)2-3-10(9)12/h2-4,8,15H,5-6H2,1H3,(H,14,16). The molecule has 0 aliphatic heterocycles. The van der Waals surface area contributed by atoms with Gasteiger partial charge in [0.25, 0.3) is 5.91 Å². The number of methoxy groups -OCH3 is 1. The predicted molar refractivity (Wildman–Crippen MR) is 77.1 cm³/mol. The first kappa shape index (κ1) is 14.9. The lowest BCUT2D eigenvalue weighted by Crippen LogP contribution is -2.34. The Bertz CT molecular complexity index is 400. The van der Waals surface area contributed by atoms with Gasteiger partial charge in [-0.05, 0) is 56.7 Å². The van der Waals surface area contributed by atoms with Crippen molar-refractivity contribution >= 4 is 44.4 Å². The number of benzene rings is 1. The summed E-state index contributed by atoms with van der Waals surface area (Å²) in [4.78, 5) is 11.8. The van der Waals surface area contributed by atoms with Gasteiger partial charge in [0.15, 0.2) is 0 Å². The summed E-state index contributed by atoms with van der Waals surface area (Å²) < 4.78 is 6.49. The zero-order valence-electron chi connectivity index (χ0n) is 9.24. The lowest BCUT2D eigenvalue weighted by atomic mass is 10.2. The normalized spacial score (nSPS) is 12.2. The molecule has 0 bridgehead atoms. The number of aliphatic hydroxyl groups is 1. The van der Waals surface area contributed by atoms with Crippen molar-refractivity contribution in [1.82, 2.24) is 5.32 Å². The van der Waals surface area contributed by atoms with Gasteiger partial charge in [-0.15, -0.1) is 0 Å². The molecule has 17 heavy (non-hydrogen) atoms. The fourth-order valence-corrected chi connectivity index (χ4v) is 2.15. The average molecular weight is 414 g/mol.